The molecule has 7 rings (SSSR count). The smallest absolute Gasteiger partial charge is 0.343 e. The van der Waals surface area contributed by atoms with E-state index in [2.05, 4.69) is 27.7 Å². The van der Waals surface area contributed by atoms with Gasteiger partial charge in [-0.3, -0.25) is 0 Å². The molecule has 10 nitrogen and oxygen atoms in total. The van der Waals surface area contributed by atoms with E-state index in [0.29, 0.717) is 73.8 Å². The first kappa shape index (κ1) is 34.7. The Balaban J connectivity index is 0.933. The minimum Gasteiger partial charge on any atom is -0.468 e. The standard InChI is InChI=1S/C41H42O10/c1-39(2)35-17-31(50-37(42)27-5-9-29(10-6-27)48-25-46-23-40(3)19-44-20-40)13-15-33(35)34-16-14-32(18-36(34)39)51-38(43)28-7-11-30(12-8-28)49-26-47-24-41(4)21-45-22-41/h5-18H,19-26H2,1-4H3. The molecule has 0 bridgehead atoms. The predicted octanol–water partition coefficient (Wildman–Crippen LogP) is 7.21. The zero-order chi connectivity index (χ0) is 35.6. The summed E-state index contributed by atoms with van der Waals surface area (Å²) in [6.07, 6.45) is 0. The zero-order valence-corrected chi connectivity index (χ0v) is 29.3. The molecule has 266 valence electrons. The average Bonchev–Trinajstić information content (AvgIpc) is 3.32. The van der Waals surface area contributed by atoms with Crippen LogP contribution in [-0.4, -0.2) is 65.2 Å². The molecule has 0 saturated carbocycles. The highest BCUT2D eigenvalue weighted by Crippen LogP contribution is 2.50. The first-order chi connectivity index (χ1) is 24.5. The number of hydrogen-bond donors (Lipinski definition) is 0. The lowest BCUT2D eigenvalue weighted by atomic mass is 9.82. The molecular formula is C41H42O10. The zero-order valence-electron chi connectivity index (χ0n) is 29.3. The Bertz CT molecular complexity index is 1750. The Morgan fingerprint density at radius 1 is 0.549 bits per heavy atom. The topological polar surface area (TPSA) is 108 Å². The molecule has 10 heteroatoms. The number of hydrogen-bond acceptors (Lipinski definition) is 10. The third kappa shape index (κ3) is 7.64. The van der Waals surface area contributed by atoms with Gasteiger partial charge in [0.2, 0.25) is 0 Å². The van der Waals surface area contributed by atoms with Gasteiger partial charge in [0, 0.05) is 16.2 Å². The molecule has 4 aromatic carbocycles. The fraction of sp³-hybridized carbons (Fsp3) is 0.366. The fourth-order valence-electron chi connectivity index (χ4n) is 6.39. The highest BCUT2D eigenvalue weighted by molar-refractivity contribution is 5.92. The van der Waals surface area contributed by atoms with Crippen LogP contribution in [0.15, 0.2) is 84.9 Å². The number of rotatable bonds is 14. The van der Waals surface area contributed by atoms with E-state index in [1.807, 2.05) is 24.3 Å². The van der Waals surface area contributed by atoms with E-state index in [1.165, 1.54) is 0 Å². The molecule has 0 radical (unpaired) electrons. The van der Waals surface area contributed by atoms with Gasteiger partial charge in [-0.2, -0.15) is 0 Å². The number of benzene rings is 4. The van der Waals surface area contributed by atoms with E-state index >= 15 is 0 Å². The average molecular weight is 695 g/mol. The Morgan fingerprint density at radius 3 is 1.27 bits per heavy atom. The van der Waals surface area contributed by atoms with Crippen molar-refractivity contribution in [3.8, 4) is 34.1 Å². The van der Waals surface area contributed by atoms with Crippen LogP contribution in [-0.2, 0) is 24.4 Å². The van der Waals surface area contributed by atoms with Gasteiger partial charge >= 0.3 is 11.9 Å². The van der Waals surface area contributed by atoms with Crippen LogP contribution in [0.3, 0.4) is 0 Å². The van der Waals surface area contributed by atoms with Crippen LogP contribution in [0.5, 0.6) is 23.0 Å². The minimum absolute atomic E-state index is 0.0518. The van der Waals surface area contributed by atoms with Crippen molar-refractivity contribution in [2.75, 3.05) is 53.2 Å². The molecule has 0 N–H and O–H groups in total. The van der Waals surface area contributed by atoms with Gasteiger partial charge in [0.15, 0.2) is 13.6 Å². The maximum atomic E-state index is 13.0. The van der Waals surface area contributed by atoms with Gasteiger partial charge in [0.25, 0.3) is 0 Å². The van der Waals surface area contributed by atoms with Crippen molar-refractivity contribution < 1.29 is 47.5 Å². The van der Waals surface area contributed by atoms with Crippen LogP contribution < -0.4 is 18.9 Å². The van der Waals surface area contributed by atoms with E-state index in [-0.39, 0.29) is 24.4 Å². The third-order valence-electron chi connectivity index (χ3n) is 9.54. The third-order valence-corrected chi connectivity index (χ3v) is 9.54. The molecule has 2 heterocycles. The molecule has 0 atom stereocenters. The molecule has 2 fully saturated rings. The van der Waals surface area contributed by atoms with Crippen LogP contribution in [0, 0.1) is 10.8 Å². The summed E-state index contributed by atoms with van der Waals surface area (Å²) in [5.41, 5.74) is 4.54. The molecule has 0 unspecified atom stereocenters. The van der Waals surface area contributed by atoms with Gasteiger partial charge in [0.1, 0.15) is 23.0 Å². The van der Waals surface area contributed by atoms with Gasteiger partial charge in [0.05, 0.1) is 50.8 Å². The molecular weight excluding hydrogens is 652 g/mol. The molecule has 3 aliphatic rings. The summed E-state index contributed by atoms with van der Waals surface area (Å²) < 4.78 is 44.6. The van der Waals surface area contributed by atoms with Crippen molar-refractivity contribution in [3.05, 3.63) is 107 Å². The number of ether oxygens (including phenoxy) is 8. The Kier molecular flexibility index (Phi) is 9.60. The van der Waals surface area contributed by atoms with Gasteiger partial charge < -0.3 is 37.9 Å². The summed E-state index contributed by atoms with van der Waals surface area (Å²) in [5, 5.41) is 0. The van der Waals surface area contributed by atoms with Gasteiger partial charge in [-0.15, -0.1) is 0 Å². The van der Waals surface area contributed by atoms with E-state index in [1.54, 1.807) is 60.7 Å². The van der Waals surface area contributed by atoms with E-state index < -0.39 is 17.4 Å². The molecule has 2 saturated heterocycles. The van der Waals surface area contributed by atoms with E-state index in [9.17, 15) is 9.59 Å². The fourth-order valence-corrected chi connectivity index (χ4v) is 6.39. The molecule has 0 amide bonds. The van der Waals surface area contributed by atoms with E-state index in [0.717, 1.165) is 22.3 Å². The van der Waals surface area contributed by atoms with Crippen LogP contribution in [0.2, 0.25) is 0 Å². The first-order valence-electron chi connectivity index (χ1n) is 17.0. The van der Waals surface area contributed by atoms with Crippen molar-refractivity contribution in [1.29, 1.82) is 0 Å². The van der Waals surface area contributed by atoms with Crippen molar-refractivity contribution in [2.45, 2.75) is 33.1 Å². The van der Waals surface area contributed by atoms with Gasteiger partial charge in [-0.05, 0) is 95.1 Å². The summed E-state index contributed by atoms with van der Waals surface area (Å²) in [7, 11) is 0. The number of esters is 2. The Hall–Kier alpha value is -4.74. The van der Waals surface area contributed by atoms with Crippen molar-refractivity contribution in [1.82, 2.24) is 0 Å². The van der Waals surface area contributed by atoms with Crippen molar-refractivity contribution in [2.24, 2.45) is 10.8 Å². The van der Waals surface area contributed by atoms with E-state index in [4.69, 9.17) is 37.9 Å². The lowest BCUT2D eigenvalue weighted by Gasteiger charge is -2.37. The Morgan fingerprint density at radius 2 is 0.922 bits per heavy atom. The summed E-state index contributed by atoms with van der Waals surface area (Å²) >= 11 is 0. The predicted molar refractivity (Wildman–Crippen MR) is 188 cm³/mol. The SMILES string of the molecule is CC1(COCOc2ccc(C(=O)Oc3ccc4c(c3)C(C)(C)c3cc(OC(=O)c5ccc(OCOCC6(C)COC6)cc5)ccc3-4)cc2)COC1. The second-order valence-corrected chi connectivity index (χ2v) is 14.7. The second-order valence-electron chi connectivity index (χ2n) is 14.7. The van der Waals surface area contributed by atoms with Gasteiger partial charge in [-0.1, -0.05) is 39.8 Å². The summed E-state index contributed by atoms with van der Waals surface area (Å²) in [4.78, 5) is 26.1. The van der Waals surface area contributed by atoms with Crippen LogP contribution in [0.25, 0.3) is 11.1 Å². The Labute approximate surface area is 297 Å². The number of carbonyl (C=O) groups is 2. The molecule has 4 aromatic rings. The molecule has 0 spiro atoms. The second kappa shape index (κ2) is 14.1. The maximum absolute atomic E-state index is 13.0. The molecule has 1 aliphatic carbocycles. The highest BCUT2D eigenvalue weighted by Gasteiger charge is 2.37. The lowest BCUT2D eigenvalue weighted by molar-refractivity contribution is -0.151. The first-order valence-corrected chi connectivity index (χ1v) is 17.0. The normalized spacial score (nSPS) is 17.3. The number of carbonyl (C=O) groups excluding carboxylic acids is 2. The number of fused-ring (bicyclic) bond motifs is 3. The monoisotopic (exact) mass is 694 g/mol. The highest BCUT2D eigenvalue weighted by atomic mass is 16.7. The maximum Gasteiger partial charge on any atom is 0.343 e. The molecule has 2 aliphatic heterocycles. The molecule has 51 heavy (non-hydrogen) atoms. The quantitative estimate of drug-likeness (QED) is 0.0582. The molecule has 0 aromatic heterocycles. The van der Waals surface area contributed by atoms with Crippen LogP contribution >= 0.6 is 0 Å². The summed E-state index contributed by atoms with van der Waals surface area (Å²) in [5.74, 6) is 1.13. The van der Waals surface area contributed by atoms with Crippen molar-refractivity contribution >= 4 is 11.9 Å². The minimum atomic E-state index is -0.472. The van der Waals surface area contributed by atoms with Crippen LogP contribution in [0.4, 0.5) is 0 Å². The lowest BCUT2D eigenvalue weighted by Crippen LogP contribution is -2.43. The summed E-state index contributed by atoms with van der Waals surface area (Å²) in [6.45, 7) is 12.6. The summed E-state index contributed by atoms with van der Waals surface area (Å²) in [6, 6.07) is 24.8. The largest absolute Gasteiger partial charge is 0.468 e. The van der Waals surface area contributed by atoms with Crippen molar-refractivity contribution in [3.63, 3.8) is 0 Å². The van der Waals surface area contributed by atoms with Gasteiger partial charge in [-0.25, -0.2) is 9.59 Å². The van der Waals surface area contributed by atoms with Crippen LogP contribution in [0.1, 0.15) is 59.5 Å².